The number of anilines is 1. The van der Waals surface area contributed by atoms with Gasteiger partial charge in [0, 0.05) is 12.0 Å². The van der Waals surface area contributed by atoms with Crippen LogP contribution in [0.4, 0.5) is 10.1 Å². The van der Waals surface area contributed by atoms with Crippen LogP contribution >= 0.6 is 0 Å². The fourth-order valence-corrected chi connectivity index (χ4v) is 27.3. The Kier molecular flexibility index (Phi) is 4.31. The lowest BCUT2D eigenvalue weighted by molar-refractivity contribution is -0.161. The first-order chi connectivity index (χ1) is 27.2. The van der Waals surface area contributed by atoms with Gasteiger partial charge < -0.3 is 4.90 Å². The summed E-state index contributed by atoms with van der Waals surface area (Å²) in [5.41, 5.74) is 4.59. The van der Waals surface area contributed by atoms with Crippen molar-refractivity contribution in [1.82, 2.24) is 0 Å². The average molecular weight is 726 g/mol. The highest BCUT2D eigenvalue weighted by atomic mass is 19.1. The maximum Gasteiger partial charge on any atom is 0.146 e. The van der Waals surface area contributed by atoms with E-state index in [2.05, 4.69) is 53.4 Å². The number of fused-ring (bicyclic) bond motifs is 1. The minimum absolute atomic E-state index is 0.0152. The van der Waals surface area contributed by atoms with E-state index in [9.17, 15) is 0 Å². The molecule has 0 N–H and O–H groups in total. The number of halogens is 1. The molecule has 1 aliphatic heterocycles. The van der Waals surface area contributed by atoms with Crippen molar-refractivity contribution in [2.24, 2.45) is 177 Å². The average Bonchev–Trinajstić information content (AvgIpc) is 4.05. The van der Waals surface area contributed by atoms with Crippen LogP contribution in [0.2, 0.25) is 0 Å². The summed E-state index contributed by atoms with van der Waals surface area (Å²) < 4.78 is 16.4. The fourth-order valence-electron chi connectivity index (χ4n) is 27.3. The van der Waals surface area contributed by atoms with E-state index in [0.717, 1.165) is 172 Å². The second-order valence-electron chi connectivity index (χ2n) is 25.1. The molecular formula is C53H56FN. The van der Waals surface area contributed by atoms with Crippen molar-refractivity contribution in [3.05, 3.63) is 77.6 Å². The molecule has 0 bridgehead atoms. The van der Waals surface area contributed by atoms with Gasteiger partial charge >= 0.3 is 0 Å². The zero-order valence-corrected chi connectivity index (χ0v) is 32.1. The maximum atomic E-state index is 16.4. The third-order valence-corrected chi connectivity index (χ3v) is 25.8. The Morgan fingerprint density at radius 1 is 0.491 bits per heavy atom. The molecule has 16 fully saturated rings. The van der Waals surface area contributed by atoms with E-state index in [-0.39, 0.29) is 17.3 Å². The molecule has 0 radical (unpaired) electrons. The van der Waals surface area contributed by atoms with E-state index in [1.807, 2.05) is 11.6 Å². The number of allylic oxidation sites excluding steroid dienone is 1. The van der Waals surface area contributed by atoms with Crippen molar-refractivity contribution in [2.45, 2.75) is 51.0 Å². The molecule has 1 saturated heterocycles. The Hall–Kier alpha value is -2.09. The third kappa shape index (κ3) is 2.49. The molecule has 2 heteroatoms. The Morgan fingerprint density at radius 3 is 1.67 bits per heavy atom. The quantitative estimate of drug-likeness (QED) is 0.279. The Bertz CT molecular complexity index is 2230. The summed E-state index contributed by atoms with van der Waals surface area (Å²) in [5, 5.41) is 0. The van der Waals surface area contributed by atoms with Gasteiger partial charge in [-0.3, -0.25) is 0 Å². The molecule has 15 saturated carbocycles. The molecule has 17 aliphatic rings. The lowest BCUT2D eigenvalue weighted by atomic mass is 9.39. The van der Waals surface area contributed by atoms with Crippen LogP contribution in [0, 0.1) is 183 Å². The lowest BCUT2D eigenvalue weighted by Gasteiger charge is -2.64. The van der Waals surface area contributed by atoms with Crippen LogP contribution in [0.5, 0.6) is 0 Å². The van der Waals surface area contributed by atoms with E-state index in [4.69, 9.17) is 0 Å². The summed E-state index contributed by atoms with van der Waals surface area (Å²) in [6.45, 7) is 1.09. The van der Waals surface area contributed by atoms with Crippen molar-refractivity contribution < 1.29 is 4.39 Å². The fraction of sp³-hybridized carbons (Fsp3) is 0.736. The van der Waals surface area contributed by atoms with Crippen molar-refractivity contribution in [3.63, 3.8) is 0 Å². The zero-order chi connectivity index (χ0) is 34.4. The second-order valence-corrected chi connectivity index (χ2v) is 25.1. The van der Waals surface area contributed by atoms with Gasteiger partial charge in [-0.15, -0.1) is 0 Å². The molecule has 280 valence electrons. The van der Waals surface area contributed by atoms with Gasteiger partial charge in [-0.2, -0.15) is 0 Å². The summed E-state index contributed by atoms with van der Waals surface area (Å²) in [6.07, 6.45) is 14.4. The van der Waals surface area contributed by atoms with Crippen LogP contribution in [0.25, 0.3) is 0 Å². The number of hydrogen-bond acceptors (Lipinski definition) is 1. The molecule has 55 heavy (non-hydrogen) atoms. The number of benzene rings is 2. The monoisotopic (exact) mass is 725 g/mol. The Balaban J connectivity index is 0.936. The zero-order valence-electron chi connectivity index (χ0n) is 32.1. The topological polar surface area (TPSA) is 3.24 Å². The first-order valence-electron chi connectivity index (χ1n) is 24.5. The summed E-state index contributed by atoms with van der Waals surface area (Å²) in [6, 6.07) is 20.2. The van der Waals surface area contributed by atoms with E-state index >= 15 is 4.39 Å². The van der Waals surface area contributed by atoms with Crippen LogP contribution in [0.15, 0.2) is 66.2 Å². The smallest absolute Gasteiger partial charge is 0.146 e. The van der Waals surface area contributed by atoms with Crippen LogP contribution in [0.3, 0.4) is 0 Å². The molecule has 19 rings (SSSR count). The summed E-state index contributed by atoms with van der Waals surface area (Å²) in [7, 11) is 0. The number of hydrogen-bond donors (Lipinski definition) is 0. The molecule has 16 aliphatic carbocycles. The normalized spacial score (nSPS) is 69.8. The molecule has 1 nitrogen and oxygen atoms in total. The highest BCUT2D eigenvalue weighted by Crippen LogP contribution is 2.94. The molecule has 2 aromatic rings. The Morgan fingerprint density at radius 2 is 1.00 bits per heavy atom. The molecular weight excluding hydrogens is 670 g/mol. The maximum absolute atomic E-state index is 16.4. The van der Waals surface area contributed by atoms with Gasteiger partial charge in [0.2, 0.25) is 0 Å². The van der Waals surface area contributed by atoms with Gasteiger partial charge in [0.05, 0.1) is 11.7 Å². The first kappa shape index (κ1) is 28.4. The lowest BCUT2D eigenvalue weighted by Crippen LogP contribution is -2.61. The Labute approximate surface area is 326 Å². The molecule has 0 aromatic heterocycles. The van der Waals surface area contributed by atoms with Gasteiger partial charge in [0.15, 0.2) is 0 Å². The van der Waals surface area contributed by atoms with E-state index in [0.29, 0.717) is 5.92 Å². The second kappa shape index (κ2) is 8.35. The van der Waals surface area contributed by atoms with Crippen molar-refractivity contribution in [3.8, 4) is 0 Å². The third-order valence-electron chi connectivity index (χ3n) is 25.8. The van der Waals surface area contributed by atoms with Gasteiger partial charge in [0.1, 0.15) is 5.82 Å². The van der Waals surface area contributed by atoms with E-state index < -0.39 is 0 Å². The van der Waals surface area contributed by atoms with E-state index in [1.165, 1.54) is 17.9 Å². The van der Waals surface area contributed by atoms with Crippen molar-refractivity contribution in [1.29, 1.82) is 0 Å². The molecule has 1 spiro atoms. The molecule has 2 aromatic carbocycles. The number of para-hydroxylation sites is 1. The van der Waals surface area contributed by atoms with Gasteiger partial charge in [-0.1, -0.05) is 54.1 Å². The predicted molar refractivity (Wildman–Crippen MR) is 207 cm³/mol. The van der Waals surface area contributed by atoms with Crippen molar-refractivity contribution in [2.75, 3.05) is 11.4 Å². The molecule has 31 unspecified atom stereocenters. The predicted octanol–water partition coefficient (Wildman–Crippen LogP) is 10.1. The summed E-state index contributed by atoms with van der Waals surface area (Å²) in [4.78, 5) is 2.73. The van der Waals surface area contributed by atoms with Crippen LogP contribution in [-0.4, -0.2) is 6.54 Å². The van der Waals surface area contributed by atoms with Gasteiger partial charge in [-0.05, 0) is 234 Å². The minimum atomic E-state index is 0.0152. The van der Waals surface area contributed by atoms with Gasteiger partial charge in [0.25, 0.3) is 0 Å². The standard InChI is InChI=1S/C53H56FN/c54-29-8-4-5-9-30(29)55-18-28-27-16-25-14-22-12-23-11-20-10-21-13-24-15-26-17-53(28,52(55)19-6-2-1-3-7-19)51-37(26)42-36(24)41-32(21)31(20)39-35(23)40-33(22)34(25)43-38(27)50(51)49-47(42)45(41)44(39)46(40)48(43)49/h1-9,17,20-25,27-28,31-52H,10-16,18H2. The number of nitrogens with zero attached hydrogens (tertiary/aromatic N) is 1. The largest absolute Gasteiger partial charge is 0.361 e. The molecule has 31 atom stereocenters. The molecule has 1 heterocycles. The summed E-state index contributed by atoms with van der Waals surface area (Å²) >= 11 is 0. The van der Waals surface area contributed by atoms with E-state index in [1.54, 1.807) is 44.6 Å². The van der Waals surface area contributed by atoms with Crippen LogP contribution < -0.4 is 4.90 Å². The van der Waals surface area contributed by atoms with Gasteiger partial charge in [-0.25, -0.2) is 4.39 Å². The first-order valence-corrected chi connectivity index (χ1v) is 24.5. The minimum Gasteiger partial charge on any atom is -0.361 e. The highest BCUT2D eigenvalue weighted by molar-refractivity contribution is 5.57. The SMILES string of the molecule is Fc1ccccc1N1CC2C3CC4CC5CC6CC7CC8CC9CC%10=CC2(C2C%10C%10C9C9C8C7C7C6C6C5C4C4C3C2C2C%10C9C7C6C42)C1c1ccccc1. The van der Waals surface area contributed by atoms with Crippen LogP contribution in [-0.2, 0) is 0 Å². The number of rotatable bonds is 2. The van der Waals surface area contributed by atoms with Crippen LogP contribution in [0.1, 0.15) is 56.6 Å². The van der Waals surface area contributed by atoms with Crippen molar-refractivity contribution >= 4 is 5.69 Å². The summed E-state index contributed by atoms with van der Waals surface area (Å²) in [5.74, 6) is 30.5. The molecule has 0 amide bonds. The highest BCUT2D eigenvalue weighted by Gasteiger charge is 2.90.